The van der Waals surface area contributed by atoms with Crippen LogP contribution in [0, 0.1) is 0 Å². The summed E-state index contributed by atoms with van der Waals surface area (Å²) in [4.78, 5) is 16.7. The highest BCUT2D eigenvalue weighted by molar-refractivity contribution is 6.30. The third-order valence-electron chi connectivity index (χ3n) is 3.95. The van der Waals surface area contributed by atoms with Gasteiger partial charge in [0.15, 0.2) is 0 Å². The number of fused-ring (bicyclic) bond motifs is 1. The number of hydrogen-bond donors (Lipinski definition) is 1. The number of pyridine rings is 1. The first kappa shape index (κ1) is 16.5. The van der Waals surface area contributed by atoms with Gasteiger partial charge in [-0.1, -0.05) is 24.6 Å². The van der Waals surface area contributed by atoms with Crippen LogP contribution in [0.5, 0.6) is 0 Å². The van der Waals surface area contributed by atoms with Gasteiger partial charge in [-0.3, -0.25) is 4.79 Å². The molecule has 1 N–H and O–H groups in total. The number of carbonyl (C=O) groups excluding carboxylic acids is 1. The van der Waals surface area contributed by atoms with Crippen LogP contribution in [-0.2, 0) is 13.0 Å². The normalized spacial score (nSPS) is 10.9. The summed E-state index contributed by atoms with van der Waals surface area (Å²) in [6.07, 6.45) is 5.79. The average molecular weight is 342 g/mol. The van der Waals surface area contributed by atoms with E-state index in [0.29, 0.717) is 17.1 Å². The van der Waals surface area contributed by atoms with Gasteiger partial charge < -0.3 is 9.88 Å². The lowest BCUT2D eigenvalue weighted by atomic mass is 10.1. The molecule has 0 fully saturated rings. The smallest absolute Gasteiger partial charge is 0.251 e. The Hall–Kier alpha value is -2.33. The van der Waals surface area contributed by atoms with Gasteiger partial charge in [-0.25, -0.2) is 4.98 Å². The molecule has 1 aromatic carbocycles. The zero-order chi connectivity index (χ0) is 16.9. The monoisotopic (exact) mass is 341 g/mol. The van der Waals surface area contributed by atoms with E-state index in [1.807, 2.05) is 12.3 Å². The highest BCUT2D eigenvalue weighted by Crippen LogP contribution is 2.20. The molecular formula is C19H20ClN3O. The largest absolute Gasteiger partial charge is 0.352 e. The summed E-state index contributed by atoms with van der Waals surface area (Å²) < 4.78 is 2.18. The molecule has 0 radical (unpaired) electrons. The molecule has 2 heterocycles. The maximum absolute atomic E-state index is 12.2. The summed E-state index contributed by atoms with van der Waals surface area (Å²) in [5.41, 5.74) is 2.80. The van der Waals surface area contributed by atoms with Gasteiger partial charge in [-0.05, 0) is 48.7 Å². The van der Waals surface area contributed by atoms with Gasteiger partial charge in [0, 0.05) is 41.5 Å². The van der Waals surface area contributed by atoms with Gasteiger partial charge in [-0.2, -0.15) is 0 Å². The molecule has 0 spiro atoms. The number of aryl methyl sites for hydroxylation is 1. The Balaban J connectivity index is 1.69. The topological polar surface area (TPSA) is 46.9 Å². The Labute approximate surface area is 146 Å². The Bertz CT molecular complexity index is 857. The molecule has 3 rings (SSSR count). The number of nitrogens with zero attached hydrogens (tertiary/aromatic N) is 2. The summed E-state index contributed by atoms with van der Waals surface area (Å²) in [5, 5.41) is 4.67. The fourth-order valence-corrected chi connectivity index (χ4v) is 3.04. The van der Waals surface area contributed by atoms with Crippen LogP contribution < -0.4 is 5.32 Å². The number of hydrogen-bond acceptors (Lipinski definition) is 2. The predicted octanol–water partition coefficient (Wildman–Crippen LogP) is 4.07. The number of amides is 1. The lowest BCUT2D eigenvalue weighted by molar-refractivity contribution is 0.0954. The third kappa shape index (κ3) is 3.60. The van der Waals surface area contributed by atoms with Crippen LogP contribution in [-0.4, -0.2) is 22.0 Å². The number of halogens is 1. The number of nitrogens with one attached hydrogen (secondary N) is 1. The zero-order valence-corrected chi connectivity index (χ0v) is 14.4. The van der Waals surface area contributed by atoms with Gasteiger partial charge in [0.2, 0.25) is 0 Å². The van der Waals surface area contributed by atoms with Gasteiger partial charge in [0.05, 0.1) is 0 Å². The van der Waals surface area contributed by atoms with E-state index < -0.39 is 0 Å². The number of rotatable bonds is 6. The van der Waals surface area contributed by atoms with Crippen molar-refractivity contribution in [2.45, 2.75) is 26.3 Å². The lowest BCUT2D eigenvalue weighted by Crippen LogP contribution is -2.25. The molecular weight excluding hydrogens is 322 g/mol. The molecule has 124 valence electrons. The van der Waals surface area contributed by atoms with Gasteiger partial charge in [0.25, 0.3) is 5.91 Å². The summed E-state index contributed by atoms with van der Waals surface area (Å²) >= 11 is 5.93. The first-order valence-corrected chi connectivity index (χ1v) is 8.53. The molecule has 0 saturated heterocycles. The minimum absolute atomic E-state index is 0.104. The van der Waals surface area contributed by atoms with E-state index in [1.165, 1.54) is 5.56 Å². The SMILES string of the molecule is CCCn1cc(CCNC(=O)c2cccc(Cl)c2)c2cccnc21. The third-order valence-corrected chi connectivity index (χ3v) is 4.18. The van der Waals surface area contributed by atoms with E-state index in [2.05, 4.69) is 34.1 Å². The minimum atomic E-state index is -0.104. The van der Waals surface area contributed by atoms with Crippen molar-refractivity contribution in [3.8, 4) is 0 Å². The first-order valence-electron chi connectivity index (χ1n) is 8.15. The van der Waals surface area contributed by atoms with E-state index in [1.54, 1.807) is 24.3 Å². The van der Waals surface area contributed by atoms with Crippen molar-refractivity contribution in [2.75, 3.05) is 6.54 Å². The zero-order valence-electron chi connectivity index (χ0n) is 13.6. The maximum Gasteiger partial charge on any atom is 0.251 e. The van der Waals surface area contributed by atoms with E-state index in [-0.39, 0.29) is 5.91 Å². The fourth-order valence-electron chi connectivity index (χ4n) is 2.85. The predicted molar refractivity (Wildman–Crippen MR) is 97.5 cm³/mol. The Kier molecular flexibility index (Phi) is 5.16. The standard InChI is InChI=1S/C19H20ClN3O/c1-2-11-23-13-15(17-7-4-9-21-18(17)23)8-10-22-19(24)14-5-3-6-16(20)12-14/h3-7,9,12-13H,2,8,10-11H2,1H3,(H,22,24). The van der Waals surface area contributed by atoms with Crippen LogP contribution in [0.3, 0.4) is 0 Å². The van der Waals surface area contributed by atoms with Crippen molar-refractivity contribution in [3.05, 3.63) is 64.9 Å². The van der Waals surface area contributed by atoms with Crippen molar-refractivity contribution in [2.24, 2.45) is 0 Å². The molecule has 0 aliphatic rings. The summed E-state index contributed by atoms with van der Waals surface area (Å²) in [6, 6.07) is 11.0. The molecule has 1 amide bonds. The van der Waals surface area contributed by atoms with E-state index in [9.17, 15) is 4.79 Å². The molecule has 4 nitrogen and oxygen atoms in total. The molecule has 24 heavy (non-hydrogen) atoms. The number of carbonyl (C=O) groups is 1. The molecule has 0 bridgehead atoms. The fraction of sp³-hybridized carbons (Fsp3) is 0.263. The van der Waals surface area contributed by atoms with Gasteiger partial charge in [-0.15, -0.1) is 0 Å². The molecule has 0 aliphatic heterocycles. The van der Waals surface area contributed by atoms with Crippen molar-refractivity contribution < 1.29 is 4.79 Å². The first-order chi connectivity index (χ1) is 11.7. The van der Waals surface area contributed by atoms with E-state index in [0.717, 1.165) is 30.4 Å². The highest BCUT2D eigenvalue weighted by Gasteiger charge is 2.10. The second-order valence-corrected chi connectivity index (χ2v) is 6.17. The second-order valence-electron chi connectivity index (χ2n) is 5.74. The van der Waals surface area contributed by atoms with Crippen molar-refractivity contribution >= 4 is 28.5 Å². The van der Waals surface area contributed by atoms with E-state index in [4.69, 9.17) is 11.6 Å². The Morgan fingerprint density at radius 2 is 2.17 bits per heavy atom. The molecule has 5 heteroatoms. The van der Waals surface area contributed by atoms with Crippen molar-refractivity contribution in [1.82, 2.24) is 14.9 Å². The number of benzene rings is 1. The van der Waals surface area contributed by atoms with Crippen LogP contribution >= 0.6 is 11.6 Å². The maximum atomic E-state index is 12.2. The summed E-state index contributed by atoms with van der Waals surface area (Å²) in [5.74, 6) is -0.104. The van der Waals surface area contributed by atoms with Crippen LogP contribution in [0.15, 0.2) is 48.8 Å². The highest BCUT2D eigenvalue weighted by atomic mass is 35.5. The van der Waals surface area contributed by atoms with Crippen LogP contribution in [0.25, 0.3) is 11.0 Å². The molecule has 0 unspecified atom stereocenters. The molecule has 2 aromatic heterocycles. The minimum Gasteiger partial charge on any atom is -0.352 e. The van der Waals surface area contributed by atoms with Crippen LogP contribution in [0.4, 0.5) is 0 Å². The van der Waals surface area contributed by atoms with Gasteiger partial charge >= 0.3 is 0 Å². The molecule has 0 aliphatic carbocycles. The quantitative estimate of drug-likeness (QED) is 0.734. The van der Waals surface area contributed by atoms with Crippen molar-refractivity contribution in [3.63, 3.8) is 0 Å². The summed E-state index contributed by atoms with van der Waals surface area (Å²) in [6.45, 7) is 3.67. The second kappa shape index (κ2) is 7.49. The molecule has 0 atom stereocenters. The van der Waals surface area contributed by atoms with Crippen LogP contribution in [0.1, 0.15) is 29.3 Å². The van der Waals surface area contributed by atoms with E-state index >= 15 is 0 Å². The lowest BCUT2D eigenvalue weighted by Gasteiger charge is -2.05. The number of aromatic nitrogens is 2. The van der Waals surface area contributed by atoms with Crippen LogP contribution in [0.2, 0.25) is 5.02 Å². The summed E-state index contributed by atoms with van der Waals surface area (Å²) in [7, 11) is 0. The molecule has 3 aromatic rings. The Morgan fingerprint density at radius 1 is 1.29 bits per heavy atom. The Morgan fingerprint density at radius 3 is 2.96 bits per heavy atom. The molecule has 0 saturated carbocycles. The average Bonchev–Trinajstić information content (AvgIpc) is 2.93. The van der Waals surface area contributed by atoms with Crippen molar-refractivity contribution in [1.29, 1.82) is 0 Å². The van der Waals surface area contributed by atoms with Gasteiger partial charge in [0.1, 0.15) is 5.65 Å².